The lowest BCUT2D eigenvalue weighted by Crippen LogP contribution is -2.60. The first-order valence-corrected chi connectivity index (χ1v) is 8.91. The Labute approximate surface area is 171 Å². The summed E-state index contributed by atoms with van der Waals surface area (Å²) in [5, 5.41) is 9.26. The maximum Gasteiger partial charge on any atom is 0.460 e. The van der Waals surface area contributed by atoms with Crippen molar-refractivity contribution in [3.8, 4) is 22.6 Å². The van der Waals surface area contributed by atoms with Gasteiger partial charge in [-0.25, -0.2) is 0 Å². The van der Waals surface area contributed by atoms with Gasteiger partial charge in [-0.1, -0.05) is 24.3 Å². The van der Waals surface area contributed by atoms with E-state index in [2.05, 4.69) is 0 Å². The van der Waals surface area contributed by atoms with Crippen LogP contribution in [0.5, 0.6) is 11.5 Å². The Balaban J connectivity index is 1.85. The maximum absolute atomic E-state index is 13.4. The van der Waals surface area contributed by atoms with E-state index in [1.165, 1.54) is 24.3 Å². The topological polar surface area (TPSA) is 29.5 Å². The number of hydrogen-bond acceptors (Lipinski definition) is 2. The minimum absolute atomic E-state index is 0.0918. The van der Waals surface area contributed by atoms with Crippen LogP contribution >= 0.6 is 0 Å². The minimum atomic E-state index is -6.86. The van der Waals surface area contributed by atoms with Gasteiger partial charge in [0.25, 0.3) is 0 Å². The highest BCUT2D eigenvalue weighted by Crippen LogP contribution is 2.54. The van der Waals surface area contributed by atoms with Gasteiger partial charge in [-0.05, 0) is 48.2 Å². The highest BCUT2D eigenvalue weighted by atomic mass is 19.4. The van der Waals surface area contributed by atoms with E-state index in [9.17, 15) is 44.6 Å². The molecule has 0 amide bonds. The van der Waals surface area contributed by atoms with Crippen molar-refractivity contribution in [2.45, 2.75) is 43.2 Å². The molecule has 2 aromatic carbocycles. The van der Waals surface area contributed by atoms with Gasteiger partial charge in [0.05, 0.1) is 6.61 Å². The highest BCUT2D eigenvalue weighted by Gasteiger charge is 2.81. The first-order chi connectivity index (χ1) is 14.2. The molecular weight excluding hydrogens is 443 g/mol. The third kappa shape index (κ3) is 5.37. The first-order valence-electron chi connectivity index (χ1n) is 8.91. The number of rotatable bonds is 9. The summed E-state index contributed by atoms with van der Waals surface area (Å²) in [6, 6.07) is 12.7. The van der Waals surface area contributed by atoms with Crippen molar-refractivity contribution < 1.29 is 49.4 Å². The summed E-state index contributed by atoms with van der Waals surface area (Å²) in [4.78, 5) is 0. The molecule has 31 heavy (non-hydrogen) atoms. The van der Waals surface area contributed by atoms with Crippen LogP contribution in [0.15, 0.2) is 48.5 Å². The van der Waals surface area contributed by atoms with E-state index in [0.717, 1.165) is 11.1 Å². The Morgan fingerprint density at radius 3 is 1.61 bits per heavy atom. The van der Waals surface area contributed by atoms with Gasteiger partial charge < -0.3 is 9.84 Å². The lowest BCUT2D eigenvalue weighted by atomic mass is 9.99. The van der Waals surface area contributed by atoms with Crippen LogP contribution in [-0.2, 0) is 0 Å². The molecule has 0 spiro atoms. The van der Waals surface area contributed by atoms with Crippen LogP contribution in [0, 0.1) is 0 Å². The molecule has 0 aliphatic carbocycles. The quantitative estimate of drug-likeness (QED) is 0.320. The molecule has 0 unspecified atom stereocenters. The smallest absolute Gasteiger partial charge is 0.460 e. The fourth-order valence-corrected chi connectivity index (χ4v) is 2.60. The molecule has 1 N–H and O–H groups in total. The van der Waals surface area contributed by atoms with Crippen LogP contribution in [0.4, 0.5) is 39.5 Å². The van der Waals surface area contributed by atoms with Gasteiger partial charge in [0.15, 0.2) is 0 Å². The van der Waals surface area contributed by atoms with Gasteiger partial charge in [-0.3, -0.25) is 0 Å². The maximum atomic E-state index is 13.4. The van der Waals surface area contributed by atoms with E-state index in [1.807, 2.05) is 0 Å². The fourth-order valence-electron chi connectivity index (χ4n) is 2.60. The molecule has 0 bridgehead atoms. The van der Waals surface area contributed by atoms with Crippen LogP contribution in [-0.4, -0.2) is 35.7 Å². The Bertz CT molecular complexity index is 844. The normalized spacial score (nSPS) is 13.3. The molecule has 0 saturated heterocycles. The lowest BCUT2D eigenvalue weighted by molar-refractivity contribution is -0.396. The number of alkyl halides is 9. The molecular formula is C20H17F9O2. The monoisotopic (exact) mass is 460 g/mol. The second-order valence-electron chi connectivity index (χ2n) is 6.73. The zero-order valence-electron chi connectivity index (χ0n) is 15.7. The summed E-state index contributed by atoms with van der Waals surface area (Å²) in [5.74, 6) is -18.6. The third-order valence-corrected chi connectivity index (χ3v) is 4.42. The molecule has 0 aliphatic heterocycles. The van der Waals surface area contributed by atoms with Crippen molar-refractivity contribution in [2.24, 2.45) is 0 Å². The zero-order valence-corrected chi connectivity index (χ0v) is 15.7. The SMILES string of the molecule is Oc1ccc(-c2ccc(OCCCCC(F)(F)C(F)(F)C(F)(F)C(F)(F)F)cc2)cc1. The molecule has 2 nitrogen and oxygen atoms in total. The van der Waals surface area contributed by atoms with E-state index in [-0.39, 0.29) is 18.8 Å². The molecule has 0 aromatic heterocycles. The van der Waals surface area contributed by atoms with Crippen molar-refractivity contribution >= 4 is 0 Å². The number of unbranched alkanes of at least 4 members (excludes halogenated alkanes) is 1. The first kappa shape index (κ1) is 24.7. The van der Waals surface area contributed by atoms with Crippen molar-refractivity contribution in [1.82, 2.24) is 0 Å². The van der Waals surface area contributed by atoms with E-state index >= 15 is 0 Å². The molecule has 2 aromatic rings. The van der Waals surface area contributed by atoms with Gasteiger partial charge in [-0.2, -0.15) is 39.5 Å². The second kappa shape index (κ2) is 8.88. The van der Waals surface area contributed by atoms with Crippen molar-refractivity contribution in [1.29, 1.82) is 0 Å². The van der Waals surface area contributed by atoms with Crippen molar-refractivity contribution in [3.63, 3.8) is 0 Å². The van der Waals surface area contributed by atoms with E-state index < -0.39 is 36.8 Å². The molecule has 172 valence electrons. The Morgan fingerprint density at radius 1 is 0.645 bits per heavy atom. The summed E-state index contributed by atoms with van der Waals surface area (Å²) < 4.78 is 120. The summed E-state index contributed by atoms with van der Waals surface area (Å²) in [6.07, 6.45) is -9.71. The zero-order chi connectivity index (χ0) is 23.5. The van der Waals surface area contributed by atoms with Gasteiger partial charge in [0.1, 0.15) is 11.5 Å². The molecule has 0 heterocycles. The summed E-state index contributed by atoms with van der Waals surface area (Å²) in [6.45, 7) is -0.240. The van der Waals surface area contributed by atoms with Gasteiger partial charge in [0, 0.05) is 6.42 Å². The molecule has 0 atom stereocenters. The summed E-state index contributed by atoms with van der Waals surface area (Å²) in [5.41, 5.74) is 1.57. The molecule has 11 heteroatoms. The Morgan fingerprint density at radius 2 is 1.13 bits per heavy atom. The minimum Gasteiger partial charge on any atom is -0.508 e. The Kier molecular flexibility index (Phi) is 7.07. The largest absolute Gasteiger partial charge is 0.508 e. The third-order valence-electron chi connectivity index (χ3n) is 4.42. The van der Waals surface area contributed by atoms with Gasteiger partial charge in [-0.15, -0.1) is 0 Å². The molecule has 0 radical (unpaired) electrons. The van der Waals surface area contributed by atoms with Crippen molar-refractivity contribution in [3.05, 3.63) is 48.5 Å². The second-order valence-corrected chi connectivity index (χ2v) is 6.73. The number of hydrogen-bond donors (Lipinski definition) is 1. The average molecular weight is 460 g/mol. The fraction of sp³-hybridized carbons (Fsp3) is 0.400. The van der Waals surface area contributed by atoms with Crippen LogP contribution in [0.2, 0.25) is 0 Å². The van der Waals surface area contributed by atoms with Crippen molar-refractivity contribution in [2.75, 3.05) is 6.61 Å². The van der Waals surface area contributed by atoms with E-state index in [1.54, 1.807) is 24.3 Å². The number of benzene rings is 2. The summed E-state index contributed by atoms with van der Waals surface area (Å²) >= 11 is 0. The number of phenolic OH excluding ortho intramolecular Hbond substituents is 1. The highest BCUT2D eigenvalue weighted by molar-refractivity contribution is 5.64. The van der Waals surface area contributed by atoms with E-state index in [4.69, 9.17) is 4.74 Å². The predicted molar refractivity (Wildman–Crippen MR) is 93.8 cm³/mol. The van der Waals surface area contributed by atoms with Crippen LogP contribution in [0.25, 0.3) is 11.1 Å². The summed E-state index contributed by atoms with van der Waals surface area (Å²) in [7, 11) is 0. The molecule has 0 saturated carbocycles. The van der Waals surface area contributed by atoms with Gasteiger partial charge in [0.2, 0.25) is 0 Å². The van der Waals surface area contributed by atoms with Gasteiger partial charge >= 0.3 is 23.9 Å². The van der Waals surface area contributed by atoms with Crippen LogP contribution in [0.3, 0.4) is 0 Å². The van der Waals surface area contributed by atoms with E-state index in [0.29, 0.717) is 5.75 Å². The number of ether oxygens (including phenoxy) is 1. The predicted octanol–water partition coefficient (Wildman–Crippen LogP) is 7.08. The van der Waals surface area contributed by atoms with Crippen LogP contribution < -0.4 is 4.74 Å². The number of aromatic hydroxyl groups is 1. The standard InChI is InChI=1S/C20H17F9O2/c21-17(22,18(23,24)19(25,26)20(27,28)29)11-1-2-12-31-16-9-5-14(6-10-16)13-3-7-15(30)8-4-13/h3-10,30H,1-2,11-12H2. The molecule has 2 rings (SSSR count). The number of phenols is 1. The molecule has 0 fully saturated rings. The molecule has 0 aliphatic rings. The lowest BCUT2D eigenvalue weighted by Gasteiger charge is -2.33. The number of halogens is 9. The van der Waals surface area contributed by atoms with Crippen LogP contribution in [0.1, 0.15) is 19.3 Å². The average Bonchev–Trinajstić information content (AvgIpc) is 2.67. The Hall–Kier alpha value is -2.59.